The van der Waals surface area contributed by atoms with E-state index in [9.17, 15) is 0 Å². The molecule has 1 nitrogen and oxygen atoms in total. The van der Waals surface area contributed by atoms with Gasteiger partial charge in [-0.15, -0.1) is 0 Å². The van der Waals surface area contributed by atoms with Crippen LogP contribution in [0.3, 0.4) is 0 Å². The molecular formula is C21H39N. The van der Waals surface area contributed by atoms with E-state index in [-0.39, 0.29) is 5.54 Å². The molecular weight excluding hydrogens is 266 g/mol. The summed E-state index contributed by atoms with van der Waals surface area (Å²) >= 11 is 0. The van der Waals surface area contributed by atoms with Crippen LogP contribution >= 0.6 is 0 Å². The fourth-order valence-electron chi connectivity index (χ4n) is 3.48. The number of unbranched alkanes of at least 4 members (excludes halogenated alkanes) is 9. The Kier molecular flexibility index (Phi) is 9.09. The van der Waals surface area contributed by atoms with Crippen molar-refractivity contribution in [3.05, 3.63) is 22.8 Å². The Labute approximate surface area is 139 Å². The third kappa shape index (κ3) is 6.28. The van der Waals surface area contributed by atoms with E-state index in [0.717, 1.165) is 6.54 Å². The van der Waals surface area contributed by atoms with E-state index in [0.29, 0.717) is 0 Å². The fraction of sp³-hybridized carbons (Fsp3) is 0.810. The van der Waals surface area contributed by atoms with Crippen molar-refractivity contribution in [1.29, 1.82) is 0 Å². The average molecular weight is 306 g/mol. The number of hydrogen-bond donors (Lipinski definition) is 1. The first-order chi connectivity index (χ1) is 10.5. The summed E-state index contributed by atoms with van der Waals surface area (Å²) in [5.74, 6) is 0. The SMILES string of the molecule is CCCCCCCCCCCCNC1(C)C=C(C)C(C)=C1C. The van der Waals surface area contributed by atoms with Gasteiger partial charge in [-0.2, -0.15) is 0 Å². The summed E-state index contributed by atoms with van der Waals surface area (Å²) in [5.41, 5.74) is 4.51. The molecule has 1 aliphatic carbocycles. The first-order valence-corrected chi connectivity index (χ1v) is 9.64. The minimum absolute atomic E-state index is 0.105. The Hall–Kier alpha value is -0.560. The van der Waals surface area contributed by atoms with Gasteiger partial charge in [-0.25, -0.2) is 0 Å². The van der Waals surface area contributed by atoms with Gasteiger partial charge in [-0.05, 0) is 51.8 Å². The zero-order valence-electron chi connectivity index (χ0n) is 15.9. The molecule has 0 spiro atoms. The largest absolute Gasteiger partial charge is 0.305 e. The second-order valence-corrected chi connectivity index (χ2v) is 7.39. The Bertz CT molecular complexity index is 377. The third-order valence-corrected chi connectivity index (χ3v) is 5.46. The van der Waals surface area contributed by atoms with Gasteiger partial charge in [0, 0.05) is 0 Å². The summed E-state index contributed by atoms with van der Waals surface area (Å²) in [7, 11) is 0. The van der Waals surface area contributed by atoms with Crippen molar-refractivity contribution < 1.29 is 0 Å². The lowest BCUT2D eigenvalue weighted by Gasteiger charge is -2.26. The second-order valence-electron chi connectivity index (χ2n) is 7.39. The van der Waals surface area contributed by atoms with Crippen LogP contribution in [0.15, 0.2) is 22.8 Å². The molecule has 1 unspecified atom stereocenters. The average Bonchev–Trinajstić information content (AvgIpc) is 2.69. The van der Waals surface area contributed by atoms with E-state index in [1.807, 2.05) is 0 Å². The summed E-state index contributed by atoms with van der Waals surface area (Å²) < 4.78 is 0. The van der Waals surface area contributed by atoms with Crippen LogP contribution < -0.4 is 5.32 Å². The highest BCUT2D eigenvalue weighted by atomic mass is 15.0. The van der Waals surface area contributed by atoms with Gasteiger partial charge in [-0.3, -0.25) is 0 Å². The molecule has 128 valence electrons. The molecule has 0 aliphatic heterocycles. The minimum Gasteiger partial charge on any atom is -0.305 e. The summed E-state index contributed by atoms with van der Waals surface area (Å²) in [5, 5.41) is 3.76. The van der Waals surface area contributed by atoms with Gasteiger partial charge < -0.3 is 5.32 Å². The van der Waals surface area contributed by atoms with Crippen LogP contribution in [0, 0.1) is 0 Å². The van der Waals surface area contributed by atoms with Crippen LogP contribution in [-0.2, 0) is 0 Å². The van der Waals surface area contributed by atoms with Crippen LogP contribution in [0.1, 0.15) is 98.8 Å². The van der Waals surface area contributed by atoms with Crippen LogP contribution in [0.4, 0.5) is 0 Å². The second kappa shape index (κ2) is 10.3. The molecule has 0 radical (unpaired) electrons. The highest BCUT2D eigenvalue weighted by Crippen LogP contribution is 2.33. The van der Waals surface area contributed by atoms with Crippen molar-refractivity contribution in [2.24, 2.45) is 0 Å². The molecule has 1 atom stereocenters. The molecule has 0 aromatic carbocycles. The highest BCUT2D eigenvalue weighted by Gasteiger charge is 2.29. The summed E-state index contributed by atoms with van der Waals surface area (Å²) in [6, 6.07) is 0. The fourth-order valence-corrected chi connectivity index (χ4v) is 3.48. The van der Waals surface area contributed by atoms with Crippen LogP contribution in [-0.4, -0.2) is 12.1 Å². The molecule has 0 saturated carbocycles. The van der Waals surface area contributed by atoms with Gasteiger partial charge >= 0.3 is 0 Å². The Morgan fingerprint density at radius 3 is 1.77 bits per heavy atom. The quantitative estimate of drug-likeness (QED) is 0.403. The van der Waals surface area contributed by atoms with E-state index in [2.05, 4.69) is 46.0 Å². The monoisotopic (exact) mass is 305 g/mol. The Morgan fingerprint density at radius 2 is 1.32 bits per heavy atom. The standard InChI is InChI=1S/C21H39N/c1-6-7-8-9-10-11-12-13-14-15-16-22-21(5)17-18(2)19(3)20(21)4/h17,22H,6-16H2,1-5H3. The Balaban J connectivity index is 2.01. The molecule has 1 aliphatic rings. The molecule has 0 heterocycles. The topological polar surface area (TPSA) is 12.0 Å². The number of rotatable bonds is 12. The van der Waals surface area contributed by atoms with E-state index >= 15 is 0 Å². The predicted molar refractivity (Wildman–Crippen MR) is 100 cm³/mol. The van der Waals surface area contributed by atoms with Crippen molar-refractivity contribution in [2.75, 3.05) is 6.54 Å². The van der Waals surface area contributed by atoms with Crippen LogP contribution in [0.25, 0.3) is 0 Å². The molecule has 0 bridgehead atoms. The van der Waals surface area contributed by atoms with E-state index in [1.54, 1.807) is 0 Å². The van der Waals surface area contributed by atoms with Gasteiger partial charge in [-0.1, -0.05) is 76.4 Å². The van der Waals surface area contributed by atoms with E-state index in [1.165, 1.54) is 80.9 Å². The van der Waals surface area contributed by atoms with Crippen molar-refractivity contribution >= 4 is 0 Å². The maximum atomic E-state index is 3.76. The minimum atomic E-state index is 0.105. The molecule has 22 heavy (non-hydrogen) atoms. The van der Waals surface area contributed by atoms with Crippen molar-refractivity contribution in [1.82, 2.24) is 5.32 Å². The molecule has 0 aromatic heterocycles. The lowest BCUT2D eigenvalue weighted by atomic mass is 9.95. The van der Waals surface area contributed by atoms with Gasteiger partial charge in [0.15, 0.2) is 0 Å². The molecule has 1 N–H and O–H groups in total. The first kappa shape index (κ1) is 19.5. The van der Waals surface area contributed by atoms with Gasteiger partial charge in [0.1, 0.15) is 0 Å². The maximum absolute atomic E-state index is 3.76. The normalized spacial score (nSPS) is 21.6. The third-order valence-electron chi connectivity index (χ3n) is 5.46. The zero-order valence-corrected chi connectivity index (χ0v) is 15.9. The predicted octanol–water partition coefficient (Wildman–Crippen LogP) is 6.55. The molecule has 0 amide bonds. The summed E-state index contributed by atoms with van der Waals surface area (Å²) in [6.45, 7) is 12.5. The molecule has 1 rings (SSSR count). The zero-order chi connectivity index (χ0) is 16.4. The smallest absolute Gasteiger partial charge is 0.0559 e. The number of allylic oxidation sites excluding steroid dienone is 2. The van der Waals surface area contributed by atoms with Gasteiger partial charge in [0.05, 0.1) is 5.54 Å². The Morgan fingerprint density at radius 1 is 0.818 bits per heavy atom. The lowest BCUT2D eigenvalue weighted by molar-refractivity contribution is 0.477. The summed E-state index contributed by atoms with van der Waals surface area (Å²) in [6.07, 6.45) is 16.5. The molecule has 0 saturated heterocycles. The van der Waals surface area contributed by atoms with E-state index < -0.39 is 0 Å². The van der Waals surface area contributed by atoms with Gasteiger partial charge in [0.25, 0.3) is 0 Å². The number of nitrogens with one attached hydrogen (secondary N) is 1. The number of hydrogen-bond acceptors (Lipinski definition) is 1. The van der Waals surface area contributed by atoms with Crippen molar-refractivity contribution in [2.45, 2.75) is 104 Å². The van der Waals surface area contributed by atoms with Crippen molar-refractivity contribution in [3.8, 4) is 0 Å². The van der Waals surface area contributed by atoms with Crippen LogP contribution in [0.2, 0.25) is 0 Å². The van der Waals surface area contributed by atoms with E-state index in [4.69, 9.17) is 0 Å². The molecule has 1 heteroatoms. The summed E-state index contributed by atoms with van der Waals surface area (Å²) in [4.78, 5) is 0. The lowest BCUT2D eigenvalue weighted by Crippen LogP contribution is -2.41. The van der Waals surface area contributed by atoms with Gasteiger partial charge in [0.2, 0.25) is 0 Å². The maximum Gasteiger partial charge on any atom is 0.0559 e. The van der Waals surface area contributed by atoms with Crippen molar-refractivity contribution in [3.63, 3.8) is 0 Å². The van der Waals surface area contributed by atoms with Crippen LogP contribution in [0.5, 0.6) is 0 Å². The molecule has 0 aromatic rings. The molecule has 0 fully saturated rings. The first-order valence-electron chi connectivity index (χ1n) is 9.64. The highest BCUT2D eigenvalue weighted by molar-refractivity contribution is 5.48.